The second kappa shape index (κ2) is 7.68. The van der Waals surface area contributed by atoms with Crippen LogP contribution in [0, 0.1) is 0 Å². The maximum Gasteiger partial charge on any atom is 0.234 e. The molecule has 0 saturated heterocycles. The van der Waals surface area contributed by atoms with Crippen molar-refractivity contribution >= 4 is 29.3 Å². The van der Waals surface area contributed by atoms with Crippen molar-refractivity contribution in [2.24, 2.45) is 5.73 Å². The minimum atomic E-state index is -0.424. The number of carbonyl (C=O) groups excluding carboxylic acids is 2. The van der Waals surface area contributed by atoms with Gasteiger partial charge in [-0.1, -0.05) is 12.1 Å². The van der Waals surface area contributed by atoms with Crippen LogP contribution in [0.3, 0.4) is 0 Å². The molecule has 0 spiro atoms. The van der Waals surface area contributed by atoms with Crippen molar-refractivity contribution in [2.75, 3.05) is 17.7 Å². The molecule has 1 unspecified atom stereocenters. The Hall–Kier alpha value is -1.69. The maximum absolute atomic E-state index is 11.8. The van der Waals surface area contributed by atoms with Crippen molar-refractivity contribution < 1.29 is 14.3 Å². The number of benzene rings is 1. The summed E-state index contributed by atoms with van der Waals surface area (Å²) in [5, 5.41) is 2.37. The first-order valence-corrected chi connectivity index (χ1v) is 7.02. The SMILES string of the molecule is CCOc1ccccc1NC(=O)CSC(C)C(N)=O. The standard InChI is InChI=1S/C13H18N2O3S/c1-3-18-11-7-5-4-6-10(11)15-12(16)8-19-9(2)13(14)17/h4-7,9H,3,8H2,1-2H3,(H2,14,17)(H,15,16). The van der Waals surface area contributed by atoms with Gasteiger partial charge in [-0.3, -0.25) is 9.59 Å². The minimum Gasteiger partial charge on any atom is -0.492 e. The molecule has 1 atom stereocenters. The first-order valence-electron chi connectivity index (χ1n) is 5.97. The summed E-state index contributed by atoms with van der Waals surface area (Å²) in [7, 11) is 0. The van der Waals surface area contributed by atoms with Crippen molar-refractivity contribution in [1.82, 2.24) is 0 Å². The number of carbonyl (C=O) groups is 2. The number of primary amides is 1. The molecule has 1 rings (SSSR count). The fourth-order valence-electron chi connectivity index (χ4n) is 1.32. The van der Waals surface area contributed by atoms with Crippen LogP contribution in [0.5, 0.6) is 5.75 Å². The molecular formula is C13H18N2O3S. The van der Waals surface area contributed by atoms with Crippen LogP contribution in [0.15, 0.2) is 24.3 Å². The van der Waals surface area contributed by atoms with E-state index in [1.807, 2.05) is 19.1 Å². The van der Waals surface area contributed by atoms with Crippen LogP contribution in [0.4, 0.5) is 5.69 Å². The van der Waals surface area contributed by atoms with E-state index in [0.29, 0.717) is 18.0 Å². The monoisotopic (exact) mass is 282 g/mol. The van der Waals surface area contributed by atoms with E-state index in [4.69, 9.17) is 10.5 Å². The fourth-order valence-corrected chi connectivity index (χ4v) is 1.96. The average molecular weight is 282 g/mol. The number of nitrogens with one attached hydrogen (secondary N) is 1. The van der Waals surface area contributed by atoms with Gasteiger partial charge >= 0.3 is 0 Å². The van der Waals surface area contributed by atoms with E-state index in [0.717, 1.165) is 0 Å². The van der Waals surface area contributed by atoms with Crippen molar-refractivity contribution in [3.63, 3.8) is 0 Å². The van der Waals surface area contributed by atoms with Gasteiger partial charge in [-0.25, -0.2) is 0 Å². The molecule has 0 aromatic heterocycles. The van der Waals surface area contributed by atoms with Crippen LogP contribution in [0.2, 0.25) is 0 Å². The number of anilines is 1. The first kappa shape index (κ1) is 15.4. The lowest BCUT2D eigenvalue weighted by molar-refractivity contribution is -0.117. The molecule has 0 aliphatic heterocycles. The summed E-state index contributed by atoms with van der Waals surface area (Å²) < 4.78 is 5.41. The zero-order chi connectivity index (χ0) is 14.3. The van der Waals surface area contributed by atoms with Gasteiger partial charge < -0.3 is 15.8 Å². The molecule has 0 aliphatic carbocycles. The summed E-state index contributed by atoms with van der Waals surface area (Å²) in [6, 6.07) is 7.21. The predicted molar refractivity (Wildman–Crippen MR) is 77.4 cm³/mol. The molecule has 19 heavy (non-hydrogen) atoms. The van der Waals surface area contributed by atoms with Gasteiger partial charge in [0, 0.05) is 0 Å². The van der Waals surface area contributed by atoms with E-state index in [1.54, 1.807) is 19.1 Å². The molecule has 104 valence electrons. The van der Waals surface area contributed by atoms with Crippen molar-refractivity contribution in [3.8, 4) is 5.75 Å². The average Bonchev–Trinajstić information content (AvgIpc) is 2.38. The van der Waals surface area contributed by atoms with Gasteiger partial charge in [0.25, 0.3) is 0 Å². The Morgan fingerprint density at radius 1 is 1.42 bits per heavy atom. The van der Waals surface area contributed by atoms with Crippen molar-refractivity contribution in [2.45, 2.75) is 19.1 Å². The fraction of sp³-hybridized carbons (Fsp3) is 0.385. The molecule has 0 heterocycles. The predicted octanol–water partition coefficient (Wildman–Crippen LogP) is 1.63. The lowest BCUT2D eigenvalue weighted by Gasteiger charge is -2.11. The number of amides is 2. The summed E-state index contributed by atoms with van der Waals surface area (Å²) in [6.07, 6.45) is 0. The summed E-state index contributed by atoms with van der Waals surface area (Å²) in [5.74, 6) is 0.189. The Balaban J connectivity index is 2.55. The molecule has 0 fully saturated rings. The lowest BCUT2D eigenvalue weighted by atomic mass is 10.3. The van der Waals surface area contributed by atoms with E-state index < -0.39 is 5.91 Å². The summed E-state index contributed by atoms with van der Waals surface area (Å²) in [5.41, 5.74) is 5.75. The minimum absolute atomic E-state index is 0.171. The Kier molecular flexibility index (Phi) is 6.21. The highest BCUT2D eigenvalue weighted by Crippen LogP contribution is 2.24. The molecule has 0 bridgehead atoms. The van der Waals surface area contributed by atoms with E-state index in [9.17, 15) is 9.59 Å². The van der Waals surface area contributed by atoms with Gasteiger partial charge in [0.05, 0.1) is 23.3 Å². The molecule has 1 aromatic carbocycles. The van der Waals surface area contributed by atoms with Crippen LogP contribution in [-0.4, -0.2) is 29.4 Å². The quantitative estimate of drug-likeness (QED) is 0.796. The number of para-hydroxylation sites is 2. The maximum atomic E-state index is 11.8. The third-order valence-electron chi connectivity index (χ3n) is 2.33. The molecule has 2 amide bonds. The molecule has 0 saturated carbocycles. The highest BCUT2D eigenvalue weighted by atomic mass is 32.2. The topological polar surface area (TPSA) is 81.4 Å². The first-order chi connectivity index (χ1) is 9.04. The van der Waals surface area contributed by atoms with Gasteiger partial charge in [0.1, 0.15) is 5.75 Å². The number of ether oxygens (including phenoxy) is 1. The van der Waals surface area contributed by atoms with Crippen LogP contribution in [0.1, 0.15) is 13.8 Å². The molecular weight excluding hydrogens is 264 g/mol. The van der Waals surface area contributed by atoms with Crippen LogP contribution < -0.4 is 15.8 Å². The van der Waals surface area contributed by atoms with E-state index >= 15 is 0 Å². The molecule has 3 N–H and O–H groups in total. The second-order valence-electron chi connectivity index (χ2n) is 3.83. The van der Waals surface area contributed by atoms with E-state index in [-0.39, 0.29) is 16.9 Å². The highest BCUT2D eigenvalue weighted by Gasteiger charge is 2.13. The number of thioether (sulfide) groups is 1. The smallest absolute Gasteiger partial charge is 0.234 e. The largest absolute Gasteiger partial charge is 0.492 e. The van der Waals surface area contributed by atoms with Crippen LogP contribution in [-0.2, 0) is 9.59 Å². The van der Waals surface area contributed by atoms with Gasteiger partial charge in [-0.2, -0.15) is 0 Å². The Bertz CT molecular complexity index is 451. The summed E-state index contributed by atoms with van der Waals surface area (Å²) in [6.45, 7) is 4.08. The van der Waals surface area contributed by atoms with Gasteiger partial charge in [0.2, 0.25) is 11.8 Å². The lowest BCUT2D eigenvalue weighted by Crippen LogP contribution is -2.25. The number of hydrogen-bond donors (Lipinski definition) is 2. The third-order valence-corrected chi connectivity index (χ3v) is 3.49. The summed E-state index contributed by atoms with van der Waals surface area (Å²) >= 11 is 1.20. The molecule has 5 nitrogen and oxygen atoms in total. The number of nitrogens with two attached hydrogens (primary N) is 1. The van der Waals surface area contributed by atoms with Crippen molar-refractivity contribution in [1.29, 1.82) is 0 Å². The number of rotatable bonds is 7. The summed E-state index contributed by atoms with van der Waals surface area (Å²) in [4.78, 5) is 22.6. The third kappa shape index (κ3) is 5.21. The zero-order valence-corrected chi connectivity index (χ0v) is 11.8. The van der Waals surface area contributed by atoms with Gasteiger partial charge in [-0.15, -0.1) is 11.8 Å². The van der Waals surface area contributed by atoms with Crippen LogP contribution >= 0.6 is 11.8 Å². The van der Waals surface area contributed by atoms with Gasteiger partial charge in [-0.05, 0) is 26.0 Å². The molecule has 0 radical (unpaired) electrons. The normalized spacial score (nSPS) is 11.7. The van der Waals surface area contributed by atoms with E-state index in [2.05, 4.69) is 5.32 Å². The molecule has 0 aliphatic rings. The second-order valence-corrected chi connectivity index (χ2v) is 5.16. The Morgan fingerprint density at radius 3 is 2.74 bits per heavy atom. The number of hydrogen-bond acceptors (Lipinski definition) is 4. The Labute approximate surface area is 116 Å². The van der Waals surface area contributed by atoms with Gasteiger partial charge in [0.15, 0.2) is 0 Å². The van der Waals surface area contributed by atoms with E-state index in [1.165, 1.54) is 11.8 Å². The van der Waals surface area contributed by atoms with Crippen molar-refractivity contribution in [3.05, 3.63) is 24.3 Å². The zero-order valence-electron chi connectivity index (χ0n) is 11.0. The molecule has 6 heteroatoms. The molecule has 1 aromatic rings. The Morgan fingerprint density at radius 2 is 2.11 bits per heavy atom. The van der Waals surface area contributed by atoms with Crippen LogP contribution in [0.25, 0.3) is 0 Å². The highest BCUT2D eigenvalue weighted by molar-refractivity contribution is 8.01.